The molecule has 0 bridgehead atoms. The molecular weight excluding hydrogens is 258 g/mol. The van der Waals surface area contributed by atoms with Gasteiger partial charge in [-0.3, -0.25) is 4.79 Å². The number of benzene rings is 1. The summed E-state index contributed by atoms with van der Waals surface area (Å²) in [5.74, 6) is -1.41. The number of hydrogen-bond acceptors (Lipinski definition) is 3. The molecule has 0 aliphatic heterocycles. The maximum atomic E-state index is 11.7. The van der Waals surface area contributed by atoms with Crippen LogP contribution >= 0.6 is 0 Å². The van der Waals surface area contributed by atoms with Gasteiger partial charge >= 0.3 is 12.1 Å². The zero-order valence-electron chi connectivity index (χ0n) is 12.1. The van der Waals surface area contributed by atoms with Crippen LogP contribution in [-0.2, 0) is 16.1 Å². The van der Waals surface area contributed by atoms with Crippen molar-refractivity contribution in [2.45, 2.75) is 39.3 Å². The number of amides is 1. The van der Waals surface area contributed by atoms with Crippen LogP contribution in [0.3, 0.4) is 0 Å². The normalized spacial score (nSPS) is 12.6. The van der Waals surface area contributed by atoms with Crippen LogP contribution in [0.2, 0.25) is 0 Å². The fourth-order valence-electron chi connectivity index (χ4n) is 1.94. The number of carbonyl (C=O) groups is 2. The van der Waals surface area contributed by atoms with Crippen LogP contribution in [0.1, 0.15) is 32.8 Å². The monoisotopic (exact) mass is 279 g/mol. The van der Waals surface area contributed by atoms with Crippen molar-refractivity contribution in [3.63, 3.8) is 0 Å². The first-order valence-corrected chi connectivity index (χ1v) is 6.52. The number of aliphatic carboxylic acids is 1. The third kappa shape index (κ3) is 5.73. The number of nitrogens with one attached hydrogen (secondary N) is 1. The Bertz CT molecular complexity index is 456. The number of carboxylic acids is 1. The third-order valence-electron chi connectivity index (χ3n) is 2.89. The Balaban J connectivity index is 2.42. The third-order valence-corrected chi connectivity index (χ3v) is 2.89. The van der Waals surface area contributed by atoms with Crippen LogP contribution in [0.25, 0.3) is 0 Å². The molecule has 0 aromatic heterocycles. The van der Waals surface area contributed by atoms with Gasteiger partial charge in [0.05, 0.1) is 5.92 Å². The van der Waals surface area contributed by atoms with Crippen LogP contribution in [0.5, 0.6) is 0 Å². The first kappa shape index (κ1) is 16.0. The van der Waals surface area contributed by atoms with Gasteiger partial charge in [0, 0.05) is 5.54 Å². The van der Waals surface area contributed by atoms with E-state index in [2.05, 4.69) is 5.32 Å². The van der Waals surface area contributed by atoms with Gasteiger partial charge in [0.25, 0.3) is 0 Å². The van der Waals surface area contributed by atoms with E-state index in [0.29, 0.717) is 6.42 Å². The van der Waals surface area contributed by atoms with Crippen molar-refractivity contribution in [2.75, 3.05) is 0 Å². The summed E-state index contributed by atoms with van der Waals surface area (Å²) in [5, 5.41) is 11.6. The first-order valence-electron chi connectivity index (χ1n) is 6.52. The van der Waals surface area contributed by atoms with E-state index in [-0.39, 0.29) is 6.61 Å². The standard InChI is InChI=1S/C15H21NO4/c1-11(13(17)18)9-15(2,3)16-14(19)20-10-12-7-5-4-6-8-12/h4-8,11H,9-10H2,1-3H3,(H,16,19)(H,17,18). The number of rotatable bonds is 6. The molecule has 0 heterocycles. The maximum absolute atomic E-state index is 11.7. The van der Waals surface area contributed by atoms with E-state index in [1.165, 1.54) is 0 Å². The molecule has 1 aromatic rings. The number of alkyl carbamates (subject to hydrolysis) is 1. The summed E-state index contributed by atoms with van der Waals surface area (Å²) in [7, 11) is 0. The van der Waals surface area contributed by atoms with E-state index in [4.69, 9.17) is 9.84 Å². The van der Waals surface area contributed by atoms with Crippen LogP contribution in [0.4, 0.5) is 4.79 Å². The lowest BCUT2D eigenvalue weighted by Gasteiger charge is -2.27. The molecule has 5 nitrogen and oxygen atoms in total. The Morgan fingerprint density at radius 1 is 1.30 bits per heavy atom. The van der Waals surface area contributed by atoms with E-state index < -0.39 is 23.5 Å². The van der Waals surface area contributed by atoms with Gasteiger partial charge in [0.1, 0.15) is 6.61 Å². The fourth-order valence-corrected chi connectivity index (χ4v) is 1.94. The minimum absolute atomic E-state index is 0.192. The Hall–Kier alpha value is -2.04. The molecule has 0 aliphatic carbocycles. The van der Waals surface area contributed by atoms with E-state index in [0.717, 1.165) is 5.56 Å². The molecule has 0 saturated heterocycles. The van der Waals surface area contributed by atoms with E-state index in [9.17, 15) is 9.59 Å². The first-order chi connectivity index (χ1) is 9.30. The molecule has 110 valence electrons. The molecule has 0 radical (unpaired) electrons. The highest BCUT2D eigenvalue weighted by Gasteiger charge is 2.26. The molecule has 0 fully saturated rings. The van der Waals surface area contributed by atoms with Crippen molar-refractivity contribution in [2.24, 2.45) is 5.92 Å². The predicted molar refractivity (Wildman–Crippen MR) is 75.3 cm³/mol. The van der Waals surface area contributed by atoms with Crippen molar-refractivity contribution in [3.05, 3.63) is 35.9 Å². The summed E-state index contributed by atoms with van der Waals surface area (Å²) in [4.78, 5) is 22.5. The van der Waals surface area contributed by atoms with Gasteiger partial charge in [0.2, 0.25) is 0 Å². The molecule has 1 aromatic carbocycles. The predicted octanol–water partition coefficient (Wildman–Crippen LogP) is 2.80. The zero-order valence-corrected chi connectivity index (χ0v) is 12.1. The molecular formula is C15H21NO4. The Labute approximate surface area is 118 Å². The maximum Gasteiger partial charge on any atom is 0.407 e. The van der Waals surface area contributed by atoms with Crippen molar-refractivity contribution in [1.82, 2.24) is 5.32 Å². The van der Waals surface area contributed by atoms with Crippen LogP contribution < -0.4 is 5.32 Å². The quantitative estimate of drug-likeness (QED) is 0.839. The van der Waals surface area contributed by atoms with Gasteiger partial charge in [0.15, 0.2) is 0 Å². The molecule has 0 saturated carbocycles. The minimum atomic E-state index is -0.877. The van der Waals surface area contributed by atoms with Crippen molar-refractivity contribution >= 4 is 12.1 Å². The molecule has 2 N–H and O–H groups in total. The molecule has 1 amide bonds. The number of carbonyl (C=O) groups excluding carboxylic acids is 1. The Morgan fingerprint density at radius 3 is 2.45 bits per heavy atom. The average molecular weight is 279 g/mol. The van der Waals surface area contributed by atoms with Gasteiger partial charge in [-0.15, -0.1) is 0 Å². The smallest absolute Gasteiger partial charge is 0.407 e. The summed E-state index contributed by atoms with van der Waals surface area (Å²) in [6.45, 7) is 5.35. The summed E-state index contributed by atoms with van der Waals surface area (Å²) in [6.07, 6.45) is -0.209. The van der Waals surface area contributed by atoms with Gasteiger partial charge < -0.3 is 15.2 Å². The minimum Gasteiger partial charge on any atom is -0.481 e. The molecule has 1 atom stereocenters. The molecule has 20 heavy (non-hydrogen) atoms. The zero-order chi connectivity index (χ0) is 15.2. The largest absolute Gasteiger partial charge is 0.481 e. The lowest BCUT2D eigenvalue weighted by Crippen LogP contribution is -2.45. The number of hydrogen-bond donors (Lipinski definition) is 2. The van der Waals surface area contributed by atoms with Gasteiger partial charge in [-0.05, 0) is 25.8 Å². The highest BCUT2D eigenvalue weighted by molar-refractivity contribution is 5.70. The SMILES string of the molecule is CC(CC(C)(C)NC(=O)OCc1ccccc1)C(=O)O. The highest BCUT2D eigenvalue weighted by Crippen LogP contribution is 2.16. The molecule has 0 spiro atoms. The van der Waals surface area contributed by atoms with E-state index in [1.807, 2.05) is 30.3 Å². The van der Waals surface area contributed by atoms with E-state index >= 15 is 0 Å². The Morgan fingerprint density at radius 2 is 1.90 bits per heavy atom. The second kappa shape index (κ2) is 6.93. The number of ether oxygens (including phenoxy) is 1. The topological polar surface area (TPSA) is 75.6 Å². The average Bonchev–Trinajstić information content (AvgIpc) is 2.36. The molecule has 5 heteroatoms. The highest BCUT2D eigenvalue weighted by atomic mass is 16.5. The molecule has 1 rings (SSSR count). The van der Waals surface area contributed by atoms with Gasteiger partial charge in [-0.2, -0.15) is 0 Å². The van der Waals surface area contributed by atoms with Crippen LogP contribution in [0, 0.1) is 5.92 Å². The second-order valence-corrected chi connectivity index (χ2v) is 5.51. The summed E-state index contributed by atoms with van der Waals surface area (Å²) in [5.41, 5.74) is 0.269. The fraction of sp³-hybridized carbons (Fsp3) is 0.467. The van der Waals surface area contributed by atoms with Gasteiger partial charge in [-0.25, -0.2) is 4.79 Å². The Kier molecular flexibility index (Phi) is 5.55. The van der Waals surface area contributed by atoms with Crippen LogP contribution in [-0.4, -0.2) is 22.7 Å². The lowest BCUT2D eigenvalue weighted by molar-refractivity contribution is -0.141. The van der Waals surface area contributed by atoms with Crippen molar-refractivity contribution in [1.29, 1.82) is 0 Å². The number of carboxylic acid groups (broad SMARTS) is 1. The molecule has 1 unspecified atom stereocenters. The summed E-state index contributed by atoms with van der Waals surface area (Å²) >= 11 is 0. The summed E-state index contributed by atoms with van der Waals surface area (Å²) in [6, 6.07) is 9.36. The molecule has 0 aliphatic rings. The summed E-state index contributed by atoms with van der Waals surface area (Å²) < 4.78 is 5.11. The van der Waals surface area contributed by atoms with E-state index in [1.54, 1.807) is 20.8 Å². The van der Waals surface area contributed by atoms with Crippen LogP contribution in [0.15, 0.2) is 30.3 Å². The van der Waals surface area contributed by atoms with Crippen molar-refractivity contribution in [3.8, 4) is 0 Å². The lowest BCUT2D eigenvalue weighted by atomic mass is 9.92. The second-order valence-electron chi connectivity index (χ2n) is 5.51. The van der Waals surface area contributed by atoms with Crippen molar-refractivity contribution < 1.29 is 19.4 Å². The van der Waals surface area contributed by atoms with Gasteiger partial charge in [-0.1, -0.05) is 37.3 Å².